The standard InChI is InChI=1S/C22H30N4O7S/c1-15(2)13-17(24-22(29)19-8-6-12-33-19)21(28)23-16-7-5-10-25(14-18(16)27)34(31,32)20-9-3-4-11-26(20)30/h3-4,6,8-9,11-12,15-18,27H,5,7,10,13-14H2,1-2H3,(H,23,28)(H,24,29)/t16?,17?,18-/m0/s1. The third-order valence-corrected chi connectivity index (χ3v) is 7.43. The number of hydrogen-bond acceptors (Lipinski definition) is 7. The minimum absolute atomic E-state index is 0.0772. The van der Waals surface area contributed by atoms with Crippen LogP contribution in [0.5, 0.6) is 0 Å². The Balaban J connectivity index is 1.69. The van der Waals surface area contributed by atoms with Crippen molar-refractivity contribution in [3.63, 3.8) is 0 Å². The highest BCUT2D eigenvalue weighted by Crippen LogP contribution is 2.19. The molecule has 3 N–H and O–H groups in total. The average Bonchev–Trinajstić information content (AvgIpc) is 3.25. The van der Waals surface area contributed by atoms with Crippen LogP contribution < -0.4 is 15.4 Å². The molecule has 0 aliphatic carbocycles. The maximum Gasteiger partial charge on any atom is 0.323 e. The second kappa shape index (κ2) is 11.0. The molecule has 0 aromatic carbocycles. The van der Waals surface area contributed by atoms with Crippen LogP contribution in [0.4, 0.5) is 0 Å². The second-order valence-electron chi connectivity index (χ2n) is 8.69. The number of amides is 2. The molecule has 2 amide bonds. The molecule has 12 heteroatoms. The Hall–Kier alpha value is -2.96. The van der Waals surface area contributed by atoms with Gasteiger partial charge < -0.3 is 25.4 Å². The van der Waals surface area contributed by atoms with Crippen molar-refractivity contribution in [1.29, 1.82) is 0 Å². The molecule has 0 radical (unpaired) electrons. The Morgan fingerprint density at radius 1 is 1.29 bits per heavy atom. The maximum absolute atomic E-state index is 13.0. The van der Waals surface area contributed by atoms with E-state index >= 15 is 0 Å². The molecule has 3 rings (SSSR count). The number of rotatable bonds is 8. The molecule has 2 unspecified atom stereocenters. The fourth-order valence-electron chi connectivity index (χ4n) is 3.86. The van der Waals surface area contributed by atoms with Crippen LogP contribution in [0.3, 0.4) is 0 Å². The summed E-state index contributed by atoms with van der Waals surface area (Å²) in [6, 6.07) is 5.55. The lowest BCUT2D eigenvalue weighted by Crippen LogP contribution is -2.54. The van der Waals surface area contributed by atoms with Crippen LogP contribution in [0.2, 0.25) is 0 Å². The van der Waals surface area contributed by atoms with E-state index in [2.05, 4.69) is 10.6 Å². The summed E-state index contributed by atoms with van der Waals surface area (Å²) in [6.45, 7) is 3.63. The van der Waals surface area contributed by atoms with Crippen molar-refractivity contribution in [3.05, 3.63) is 53.8 Å². The summed E-state index contributed by atoms with van der Waals surface area (Å²) in [5.41, 5.74) is 0. The number of carbonyl (C=O) groups is 2. The Morgan fingerprint density at radius 3 is 2.71 bits per heavy atom. The summed E-state index contributed by atoms with van der Waals surface area (Å²) in [5, 5.41) is 27.7. The topological polar surface area (TPSA) is 156 Å². The fraction of sp³-hybridized carbons (Fsp3) is 0.500. The Kier molecular flexibility index (Phi) is 8.28. The fourth-order valence-corrected chi connectivity index (χ4v) is 5.38. The van der Waals surface area contributed by atoms with Crippen LogP contribution in [0, 0.1) is 11.1 Å². The number of furan rings is 1. The number of aliphatic hydroxyl groups is 1. The molecule has 2 aromatic heterocycles. The molecule has 3 atom stereocenters. The van der Waals surface area contributed by atoms with E-state index in [1.54, 1.807) is 6.07 Å². The van der Waals surface area contributed by atoms with Gasteiger partial charge in [0, 0.05) is 25.2 Å². The van der Waals surface area contributed by atoms with E-state index in [-0.39, 0.29) is 29.5 Å². The molecule has 0 saturated carbocycles. The van der Waals surface area contributed by atoms with Crippen LogP contribution in [0.25, 0.3) is 0 Å². The number of nitrogens with zero attached hydrogens (tertiary/aromatic N) is 2. The van der Waals surface area contributed by atoms with Crippen molar-refractivity contribution in [2.24, 2.45) is 5.92 Å². The third-order valence-electron chi connectivity index (χ3n) is 5.57. The largest absolute Gasteiger partial charge is 0.618 e. The van der Waals surface area contributed by atoms with Gasteiger partial charge in [-0.25, -0.2) is 8.42 Å². The van der Waals surface area contributed by atoms with Gasteiger partial charge in [0.25, 0.3) is 5.91 Å². The summed E-state index contributed by atoms with van der Waals surface area (Å²) in [6.07, 6.45) is 2.30. The molecule has 1 aliphatic heterocycles. The number of β-amino-alcohol motifs (C(OH)–C–C–N with tert-alkyl or cyclic N) is 1. The lowest BCUT2D eigenvalue weighted by atomic mass is 10.0. The minimum atomic E-state index is -4.13. The monoisotopic (exact) mass is 494 g/mol. The number of hydrogen-bond donors (Lipinski definition) is 3. The molecule has 1 aliphatic rings. The first kappa shape index (κ1) is 25.7. The first-order chi connectivity index (χ1) is 16.1. The summed E-state index contributed by atoms with van der Waals surface area (Å²) in [7, 11) is -4.13. The van der Waals surface area contributed by atoms with E-state index in [1.165, 1.54) is 30.5 Å². The molecule has 186 valence electrons. The molecule has 34 heavy (non-hydrogen) atoms. The van der Waals surface area contributed by atoms with Gasteiger partial charge in [0.05, 0.1) is 18.4 Å². The van der Waals surface area contributed by atoms with Gasteiger partial charge >= 0.3 is 15.0 Å². The SMILES string of the molecule is CC(C)CC(NC(=O)c1ccco1)C(=O)NC1CCCN(S(=O)(=O)c2cccc[n+]2[O-])C[C@@H]1O. The quantitative estimate of drug-likeness (QED) is 0.354. The molecule has 0 spiro atoms. The summed E-state index contributed by atoms with van der Waals surface area (Å²) in [4.78, 5) is 25.4. The highest BCUT2D eigenvalue weighted by molar-refractivity contribution is 7.88. The van der Waals surface area contributed by atoms with Crippen molar-refractivity contribution >= 4 is 21.8 Å². The van der Waals surface area contributed by atoms with E-state index in [1.807, 2.05) is 13.8 Å². The molecule has 11 nitrogen and oxygen atoms in total. The highest BCUT2D eigenvalue weighted by atomic mass is 32.2. The van der Waals surface area contributed by atoms with E-state index in [0.29, 0.717) is 19.3 Å². The first-order valence-corrected chi connectivity index (χ1v) is 12.5. The molecule has 3 heterocycles. The van der Waals surface area contributed by atoms with Gasteiger partial charge in [0.2, 0.25) is 5.91 Å². The van der Waals surface area contributed by atoms with E-state index in [4.69, 9.17) is 4.42 Å². The Morgan fingerprint density at radius 2 is 2.06 bits per heavy atom. The van der Waals surface area contributed by atoms with E-state index < -0.39 is 45.1 Å². The number of aliphatic hydroxyl groups excluding tert-OH is 1. The number of pyridine rings is 1. The number of nitrogens with one attached hydrogen (secondary N) is 2. The predicted molar refractivity (Wildman–Crippen MR) is 121 cm³/mol. The van der Waals surface area contributed by atoms with Gasteiger partial charge in [-0.2, -0.15) is 9.04 Å². The van der Waals surface area contributed by atoms with E-state index in [0.717, 1.165) is 10.5 Å². The van der Waals surface area contributed by atoms with Crippen LogP contribution in [0.1, 0.15) is 43.7 Å². The van der Waals surface area contributed by atoms with Crippen LogP contribution in [-0.4, -0.2) is 60.9 Å². The summed E-state index contributed by atoms with van der Waals surface area (Å²) in [5.74, 6) is -0.835. The smallest absolute Gasteiger partial charge is 0.323 e. The van der Waals surface area contributed by atoms with Crippen molar-refractivity contribution in [3.8, 4) is 0 Å². The second-order valence-corrected chi connectivity index (χ2v) is 10.6. The zero-order valence-corrected chi connectivity index (χ0v) is 19.9. The van der Waals surface area contributed by atoms with Crippen molar-refractivity contribution in [2.45, 2.75) is 56.3 Å². The molecular formula is C22H30N4O7S. The normalized spacial score (nSPS) is 20.5. The first-order valence-electron chi connectivity index (χ1n) is 11.1. The number of carbonyl (C=O) groups excluding carboxylic acids is 2. The third kappa shape index (κ3) is 6.13. The predicted octanol–water partition coefficient (Wildman–Crippen LogP) is 0.388. The zero-order valence-electron chi connectivity index (χ0n) is 19.1. The maximum atomic E-state index is 13.0. The average molecular weight is 495 g/mol. The molecule has 1 fully saturated rings. The van der Waals surface area contributed by atoms with Gasteiger partial charge in [0.15, 0.2) is 12.0 Å². The van der Waals surface area contributed by atoms with Crippen molar-refractivity contribution in [2.75, 3.05) is 13.1 Å². The van der Waals surface area contributed by atoms with Crippen molar-refractivity contribution in [1.82, 2.24) is 14.9 Å². The molecule has 0 bridgehead atoms. The number of aromatic nitrogens is 1. The lowest BCUT2D eigenvalue weighted by Gasteiger charge is -2.27. The van der Waals surface area contributed by atoms with Crippen LogP contribution >= 0.6 is 0 Å². The van der Waals surface area contributed by atoms with Crippen molar-refractivity contribution < 1.29 is 32.3 Å². The molecule has 2 aromatic rings. The van der Waals surface area contributed by atoms with E-state index in [9.17, 15) is 28.3 Å². The van der Waals surface area contributed by atoms with Crippen LogP contribution in [0.15, 0.2) is 52.2 Å². The zero-order chi connectivity index (χ0) is 24.9. The Labute approximate surface area is 198 Å². The van der Waals surface area contributed by atoms with Gasteiger partial charge in [-0.3, -0.25) is 9.59 Å². The summed E-state index contributed by atoms with van der Waals surface area (Å²) < 4.78 is 32.3. The Bertz CT molecular complexity index is 1090. The highest BCUT2D eigenvalue weighted by Gasteiger charge is 2.37. The van der Waals surface area contributed by atoms with Gasteiger partial charge in [-0.15, -0.1) is 0 Å². The molecule has 1 saturated heterocycles. The minimum Gasteiger partial charge on any atom is -0.618 e. The van der Waals surface area contributed by atoms with Crippen LogP contribution in [-0.2, 0) is 14.8 Å². The number of sulfonamides is 1. The van der Waals surface area contributed by atoms with Gasteiger partial charge in [-0.05, 0) is 43.4 Å². The van der Waals surface area contributed by atoms with Gasteiger partial charge in [-0.1, -0.05) is 13.8 Å². The lowest BCUT2D eigenvalue weighted by molar-refractivity contribution is -0.646. The summed E-state index contributed by atoms with van der Waals surface area (Å²) >= 11 is 0. The molecular weight excluding hydrogens is 464 g/mol. The van der Waals surface area contributed by atoms with Gasteiger partial charge in [0.1, 0.15) is 6.04 Å².